The van der Waals surface area contributed by atoms with E-state index in [4.69, 9.17) is 4.74 Å². The van der Waals surface area contributed by atoms with Crippen molar-refractivity contribution in [3.8, 4) is 11.5 Å². The molecule has 6 heteroatoms. The van der Waals surface area contributed by atoms with E-state index in [0.717, 1.165) is 37.6 Å². The minimum atomic E-state index is -0.0759. The summed E-state index contributed by atoms with van der Waals surface area (Å²) in [7, 11) is 2.11. The molecule has 1 fully saturated rings. The van der Waals surface area contributed by atoms with E-state index in [1.807, 2.05) is 12.1 Å². The monoisotopic (exact) mass is 327 g/mol. The van der Waals surface area contributed by atoms with Gasteiger partial charge >= 0.3 is 0 Å². The zero-order valence-electron chi connectivity index (χ0n) is 13.7. The van der Waals surface area contributed by atoms with Crippen molar-refractivity contribution in [2.24, 2.45) is 0 Å². The lowest BCUT2D eigenvalue weighted by molar-refractivity contribution is 0.111. The lowest BCUT2D eigenvalue weighted by Gasteiger charge is -2.34. The van der Waals surface area contributed by atoms with Crippen LogP contribution < -0.4 is 9.64 Å². The first-order chi connectivity index (χ1) is 11.7. The lowest BCUT2D eigenvalue weighted by atomic mass is 10.2. The number of aromatic nitrogens is 1. The molecule has 1 saturated heterocycles. The van der Waals surface area contributed by atoms with E-state index in [-0.39, 0.29) is 11.3 Å². The highest BCUT2D eigenvalue weighted by atomic mass is 16.5. The van der Waals surface area contributed by atoms with Gasteiger partial charge in [-0.15, -0.1) is 0 Å². The van der Waals surface area contributed by atoms with Crippen LogP contribution in [0.1, 0.15) is 15.9 Å². The van der Waals surface area contributed by atoms with Gasteiger partial charge in [0.15, 0.2) is 6.29 Å². The largest absolute Gasteiger partial charge is 0.507 e. The maximum Gasteiger partial charge on any atom is 0.157 e. The summed E-state index contributed by atoms with van der Waals surface area (Å²) in [4.78, 5) is 20.2. The van der Waals surface area contributed by atoms with Crippen molar-refractivity contribution in [1.82, 2.24) is 9.88 Å². The maximum absolute atomic E-state index is 11.1. The van der Waals surface area contributed by atoms with E-state index in [0.29, 0.717) is 18.6 Å². The number of benzene rings is 1. The summed E-state index contributed by atoms with van der Waals surface area (Å²) in [6.07, 6.45) is 2.39. The normalized spacial score (nSPS) is 15.3. The SMILES string of the molecule is CN1CCN(c2ncccc2COc2cccc(O)c2C=O)CC1. The summed E-state index contributed by atoms with van der Waals surface area (Å²) in [6.45, 7) is 4.13. The third kappa shape index (κ3) is 3.49. The van der Waals surface area contributed by atoms with Crippen LogP contribution in [0.15, 0.2) is 36.5 Å². The van der Waals surface area contributed by atoms with Crippen LogP contribution in [-0.2, 0) is 6.61 Å². The molecule has 1 aromatic carbocycles. The van der Waals surface area contributed by atoms with Crippen molar-refractivity contribution >= 4 is 12.1 Å². The molecule has 0 atom stereocenters. The number of aromatic hydroxyl groups is 1. The van der Waals surface area contributed by atoms with Crippen LogP contribution in [0.4, 0.5) is 5.82 Å². The first-order valence-corrected chi connectivity index (χ1v) is 7.96. The quantitative estimate of drug-likeness (QED) is 0.847. The maximum atomic E-state index is 11.1. The number of carbonyl (C=O) groups excluding carboxylic acids is 1. The number of phenolic OH excluding ortho intramolecular Hbond substituents is 1. The smallest absolute Gasteiger partial charge is 0.157 e. The second-order valence-electron chi connectivity index (χ2n) is 5.87. The number of piperazine rings is 1. The van der Waals surface area contributed by atoms with E-state index in [1.54, 1.807) is 18.3 Å². The predicted molar refractivity (Wildman–Crippen MR) is 91.8 cm³/mol. The Balaban J connectivity index is 1.77. The second-order valence-corrected chi connectivity index (χ2v) is 5.87. The predicted octanol–water partition coefficient (Wildman–Crippen LogP) is 1.93. The topological polar surface area (TPSA) is 65.9 Å². The van der Waals surface area contributed by atoms with Gasteiger partial charge in [0.05, 0.1) is 5.56 Å². The van der Waals surface area contributed by atoms with Crippen molar-refractivity contribution in [2.75, 3.05) is 38.1 Å². The summed E-state index contributed by atoms with van der Waals surface area (Å²) in [6, 6.07) is 8.65. The van der Waals surface area contributed by atoms with Gasteiger partial charge < -0.3 is 19.6 Å². The van der Waals surface area contributed by atoms with Gasteiger partial charge in [-0.05, 0) is 25.2 Å². The molecular formula is C18H21N3O3. The Morgan fingerprint density at radius 1 is 1.21 bits per heavy atom. The van der Waals surface area contributed by atoms with Crippen LogP contribution in [0.25, 0.3) is 0 Å². The number of hydrogen-bond donors (Lipinski definition) is 1. The Hall–Kier alpha value is -2.60. The van der Waals surface area contributed by atoms with Gasteiger partial charge in [-0.2, -0.15) is 0 Å². The fourth-order valence-electron chi connectivity index (χ4n) is 2.78. The standard InChI is InChI=1S/C18H21N3O3/c1-20-8-10-21(11-9-20)18-14(4-3-7-19-18)13-24-17-6-2-5-16(23)15(17)12-22/h2-7,12,23H,8-11,13H2,1H3. The lowest BCUT2D eigenvalue weighted by Crippen LogP contribution is -2.45. The van der Waals surface area contributed by atoms with Crippen LogP contribution in [0, 0.1) is 0 Å². The number of ether oxygens (including phenoxy) is 1. The minimum absolute atomic E-state index is 0.0759. The number of anilines is 1. The van der Waals surface area contributed by atoms with Crippen molar-refractivity contribution in [3.63, 3.8) is 0 Å². The van der Waals surface area contributed by atoms with E-state index in [2.05, 4.69) is 21.8 Å². The average Bonchev–Trinajstić information content (AvgIpc) is 2.61. The van der Waals surface area contributed by atoms with Crippen molar-refractivity contribution in [1.29, 1.82) is 0 Å². The molecule has 126 valence electrons. The van der Waals surface area contributed by atoms with Gasteiger partial charge in [-0.1, -0.05) is 12.1 Å². The van der Waals surface area contributed by atoms with E-state index < -0.39 is 0 Å². The van der Waals surface area contributed by atoms with Gasteiger partial charge in [0.25, 0.3) is 0 Å². The molecule has 2 heterocycles. The molecular weight excluding hydrogens is 306 g/mol. The number of aldehydes is 1. The van der Waals surface area contributed by atoms with Crippen LogP contribution in [-0.4, -0.2) is 54.5 Å². The summed E-state index contributed by atoms with van der Waals surface area (Å²) < 4.78 is 5.78. The number of hydrogen-bond acceptors (Lipinski definition) is 6. The molecule has 0 spiro atoms. The van der Waals surface area contributed by atoms with E-state index in [9.17, 15) is 9.90 Å². The van der Waals surface area contributed by atoms with Crippen LogP contribution in [0.3, 0.4) is 0 Å². The van der Waals surface area contributed by atoms with Gasteiger partial charge in [0.1, 0.15) is 23.9 Å². The third-order valence-corrected chi connectivity index (χ3v) is 4.21. The first kappa shape index (κ1) is 16.3. The molecule has 2 aromatic rings. The number of phenols is 1. The third-order valence-electron chi connectivity index (χ3n) is 4.21. The first-order valence-electron chi connectivity index (χ1n) is 7.96. The molecule has 0 amide bonds. The Bertz CT molecular complexity index is 712. The van der Waals surface area contributed by atoms with Crippen molar-refractivity contribution < 1.29 is 14.6 Å². The fraction of sp³-hybridized carbons (Fsp3) is 0.333. The fourth-order valence-corrected chi connectivity index (χ4v) is 2.78. The van der Waals surface area contributed by atoms with Gasteiger partial charge in [0.2, 0.25) is 0 Å². The molecule has 0 bridgehead atoms. The van der Waals surface area contributed by atoms with E-state index in [1.165, 1.54) is 6.07 Å². The number of carbonyl (C=O) groups is 1. The Labute approximate surface area is 141 Å². The van der Waals surface area contributed by atoms with Crippen molar-refractivity contribution in [2.45, 2.75) is 6.61 Å². The van der Waals surface area contributed by atoms with Crippen molar-refractivity contribution in [3.05, 3.63) is 47.7 Å². The number of nitrogens with zero attached hydrogens (tertiary/aromatic N) is 3. The number of rotatable bonds is 5. The molecule has 24 heavy (non-hydrogen) atoms. The number of likely N-dealkylation sites (N-methyl/N-ethyl adjacent to an activating group) is 1. The summed E-state index contributed by atoms with van der Waals surface area (Å²) in [5, 5.41) is 9.74. The summed E-state index contributed by atoms with van der Waals surface area (Å²) in [5.74, 6) is 1.21. The van der Waals surface area contributed by atoms with Gasteiger partial charge in [0, 0.05) is 37.9 Å². The van der Waals surface area contributed by atoms with Gasteiger partial charge in [-0.25, -0.2) is 4.98 Å². The van der Waals surface area contributed by atoms with E-state index >= 15 is 0 Å². The highest BCUT2D eigenvalue weighted by Crippen LogP contribution is 2.27. The molecule has 0 aliphatic carbocycles. The second kappa shape index (κ2) is 7.31. The zero-order chi connectivity index (χ0) is 16.9. The molecule has 0 radical (unpaired) electrons. The zero-order valence-corrected chi connectivity index (χ0v) is 13.7. The Kier molecular flexibility index (Phi) is 4.96. The van der Waals surface area contributed by atoms with Gasteiger partial charge in [-0.3, -0.25) is 4.79 Å². The van der Waals surface area contributed by atoms with Crippen LogP contribution >= 0.6 is 0 Å². The number of pyridine rings is 1. The van der Waals surface area contributed by atoms with Crippen LogP contribution in [0.5, 0.6) is 11.5 Å². The molecule has 1 aromatic heterocycles. The minimum Gasteiger partial charge on any atom is -0.507 e. The Morgan fingerprint density at radius 3 is 2.75 bits per heavy atom. The molecule has 0 unspecified atom stereocenters. The molecule has 1 aliphatic rings. The highest BCUT2D eigenvalue weighted by Gasteiger charge is 2.18. The summed E-state index contributed by atoms with van der Waals surface area (Å²) in [5.41, 5.74) is 1.13. The molecule has 3 rings (SSSR count). The Morgan fingerprint density at radius 2 is 2.00 bits per heavy atom. The van der Waals surface area contributed by atoms with Crippen LogP contribution in [0.2, 0.25) is 0 Å². The summed E-state index contributed by atoms with van der Waals surface area (Å²) >= 11 is 0. The molecule has 1 N–H and O–H groups in total. The molecule has 0 saturated carbocycles. The highest BCUT2D eigenvalue weighted by molar-refractivity contribution is 5.83. The molecule has 6 nitrogen and oxygen atoms in total. The average molecular weight is 327 g/mol. The molecule has 1 aliphatic heterocycles.